The summed E-state index contributed by atoms with van der Waals surface area (Å²) >= 11 is 12.5. The molecule has 2 aromatic carbocycles. The third-order valence-corrected chi connectivity index (χ3v) is 7.77. The average Bonchev–Trinajstić information content (AvgIpc) is 3.11. The molecule has 0 aliphatic carbocycles. The second-order valence-electron chi connectivity index (χ2n) is 7.95. The summed E-state index contributed by atoms with van der Waals surface area (Å²) < 4.78 is 30.4. The molecule has 0 fully saturated rings. The van der Waals surface area contributed by atoms with Crippen LogP contribution in [0.25, 0.3) is 33.5 Å². The van der Waals surface area contributed by atoms with Crippen molar-refractivity contribution < 1.29 is 12.8 Å². The second-order valence-corrected chi connectivity index (χ2v) is 11.4. The maximum absolute atomic E-state index is 12.9. The van der Waals surface area contributed by atoms with Gasteiger partial charge in [-0.15, -0.1) is 0 Å². The van der Waals surface area contributed by atoms with Crippen molar-refractivity contribution in [1.29, 1.82) is 0 Å². The maximum Gasteiger partial charge on any atom is 0.228 e. The molecule has 4 nitrogen and oxygen atoms in total. The Morgan fingerprint density at radius 1 is 0.900 bits per heavy atom. The van der Waals surface area contributed by atoms with Crippen molar-refractivity contribution >= 4 is 44.1 Å². The largest absolute Gasteiger partial charge is 0.426 e. The van der Waals surface area contributed by atoms with Crippen molar-refractivity contribution in [3.63, 3.8) is 0 Å². The molecule has 0 bridgehead atoms. The Kier molecular flexibility index (Phi) is 5.17. The monoisotopic (exact) mass is 459 g/mol. The van der Waals surface area contributed by atoms with Gasteiger partial charge in [0, 0.05) is 32.6 Å². The summed E-state index contributed by atoms with van der Waals surface area (Å²) in [7, 11) is -3.66. The summed E-state index contributed by atoms with van der Waals surface area (Å²) in [6.07, 6.45) is 0. The zero-order valence-electron chi connectivity index (χ0n) is 16.6. The van der Waals surface area contributed by atoms with Crippen molar-refractivity contribution in [1.82, 2.24) is 4.98 Å². The van der Waals surface area contributed by atoms with E-state index in [-0.39, 0.29) is 10.8 Å². The molecule has 0 unspecified atom stereocenters. The van der Waals surface area contributed by atoms with Crippen LogP contribution in [0.4, 0.5) is 0 Å². The van der Waals surface area contributed by atoms with Gasteiger partial charge in [-0.3, -0.25) is 0 Å². The van der Waals surface area contributed by atoms with Crippen LogP contribution in [0.3, 0.4) is 0 Å². The van der Waals surface area contributed by atoms with E-state index in [4.69, 9.17) is 27.6 Å². The summed E-state index contributed by atoms with van der Waals surface area (Å²) in [5.74, 6) is 0. The molecule has 0 saturated carbocycles. The molecule has 0 N–H and O–H groups in total. The number of halogens is 2. The van der Waals surface area contributed by atoms with Gasteiger partial charge in [0.25, 0.3) is 0 Å². The highest BCUT2D eigenvalue weighted by Crippen LogP contribution is 2.39. The number of hydrogen-bond acceptors (Lipinski definition) is 4. The van der Waals surface area contributed by atoms with Crippen molar-refractivity contribution in [3.8, 4) is 22.4 Å². The number of benzene rings is 2. The number of furan rings is 1. The minimum atomic E-state index is -3.66. The number of rotatable bonds is 3. The molecule has 0 aliphatic heterocycles. The molecule has 2 aromatic heterocycles. The lowest BCUT2D eigenvalue weighted by atomic mass is 9.98. The number of aromatic nitrogens is 1. The summed E-state index contributed by atoms with van der Waals surface area (Å²) in [6, 6.07) is 18.1. The van der Waals surface area contributed by atoms with Gasteiger partial charge >= 0.3 is 0 Å². The molecule has 0 spiro atoms. The Labute approximate surface area is 185 Å². The van der Waals surface area contributed by atoms with Crippen molar-refractivity contribution in [2.45, 2.75) is 30.6 Å². The standard InChI is InChI=1S/C23H19Cl2NO3S/c1-23(2,3)30(27,28)20-13-15-12-18(14-8-10-16(24)11-9-14)21(26-22(15)29-20)17-6-4-5-7-19(17)25/h4-13H,1-3H3. The molecule has 0 amide bonds. The normalized spacial score (nSPS) is 12.4. The summed E-state index contributed by atoms with van der Waals surface area (Å²) in [5.41, 5.74) is 3.25. The lowest BCUT2D eigenvalue weighted by Crippen LogP contribution is -2.27. The summed E-state index contributed by atoms with van der Waals surface area (Å²) in [6.45, 7) is 4.91. The van der Waals surface area contributed by atoms with E-state index in [1.807, 2.05) is 36.4 Å². The van der Waals surface area contributed by atoms with Gasteiger partial charge < -0.3 is 4.42 Å². The SMILES string of the molecule is CC(C)(C)S(=O)(=O)c1cc2cc(-c3ccc(Cl)cc3)c(-c3ccccc3Cl)nc2o1. The third kappa shape index (κ3) is 3.62. The van der Waals surface area contributed by atoms with Gasteiger partial charge in [0.2, 0.25) is 20.6 Å². The fourth-order valence-corrected chi connectivity index (χ4v) is 4.52. The van der Waals surface area contributed by atoms with Crippen LogP contribution in [0.2, 0.25) is 10.0 Å². The van der Waals surface area contributed by atoms with Gasteiger partial charge in [-0.25, -0.2) is 13.4 Å². The van der Waals surface area contributed by atoms with Crippen LogP contribution < -0.4 is 0 Å². The summed E-state index contributed by atoms with van der Waals surface area (Å²) in [5, 5.41) is 1.65. The van der Waals surface area contributed by atoms with Gasteiger partial charge in [0.1, 0.15) is 0 Å². The summed E-state index contributed by atoms with van der Waals surface area (Å²) in [4.78, 5) is 4.67. The fourth-order valence-electron chi connectivity index (χ4n) is 3.09. The van der Waals surface area contributed by atoms with Crippen LogP contribution in [-0.4, -0.2) is 18.1 Å². The van der Waals surface area contributed by atoms with Crippen LogP contribution in [0.15, 0.2) is 70.2 Å². The van der Waals surface area contributed by atoms with E-state index in [1.165, 1.54) is 6.07 Å². The lowest BCUT2D eigenvalue weighted by molar-refractivity contribution is 0.462. The van der Waals surface area contributed by atoms with Crippen molar-refractivity contribution in [3.05, 3.63) is 70.7 Å². The van der Waals surface area contributed by atoms with E-state index in [9.17, 15) is 8.42 Å². The Balaban J connectivity index is 2.02. The van der Waals surface area contributed by atoms with Crippen LogP contribution in [0, 0.1) is 0 Å². The van der Waals surface area contributed by atoms with Gasteiger partial charge in [0.15, 0.2) is 0 Å². The molecule has 0 saturated heterocycles. The second kappa shape index (κ2) is 7.41. The van der Waals surface area contributed by atoms with Crippen molar-refractivity contribution in [2.24, 2.45) is 0 Å². The van der Waals surface area contributed by atoms with E-state index < -0.39 is 14.6 Å². The van der Waals surface area contributed by atoms with Gasteiger partial charge in [-0.05, 0) is 50.6 Å². The fraction of sp³-hybridized carbons (Fsp3) is 0.174. The zero-order chi connectivity index (χ0) is 21.7. The average molecular weight is 460 g/mol. The predicted molar refractivity (Wildman–Crippen MR) is 122 cm³/mol. The first-order chi connectivity index (χ1) is 14.1. The van der Waals surface area contributed by atoms with Crippen LogP contribution in [0.1, 0.15) is 20.8 Å². The van der Waals surface area contributed by atoms with E-state index in [1.54, 1.807) is 39.0 Å². The van der Waals surface area contributed by atoms with Crippen LogP contribution in [-0.2, 0) is 9.84 Å². The van der Waals surface area contributed by atoms with Gasteiger partial charge in [-0.1, -0.05) is 53.5 Å². The molecule has 7 heteroatoms. The number of hydrogen-bond donors (Lipinski definition) is 0. The Morgan fingerprint density at radius 3 is 2.20 bits per heavy atom. The van der Waals surface area contributed by atoms with Crippen molar-refractivity contribution in [2.75, 3.05) is 0 Å². The first-order valence-electron chi connectivity index (χ1n) is 9.28. The zero-order valence-corrected chi connectivity index (χ0v) is 18.9. The maximum atomic E-state index is 12.9. The van der Waals surface area contributed by atoms with Crippen LogP contribution >= 0.6 is 23.2 Å². The first-order valence-corrected chi connectivity index (χ1v) is 11.5. The molecular weight excluding hydrogens is 441 g/mol. The Bertz CT molecular complexity index is 1350. The topological polar surface area (TPSA) is 60.2 Å². The molecule has 4 aromatic rings. The lowest BCUT2D eigenvalue weighted by Gasteiger charge is -2.16. The highest BCUT2D eigenvalue weighted by Gasteiger charge is 2.34. The number of sulfone groups is 1. The Morgan fingerprint density at radius 2 is 1.57 bits per heavy atom. The van der Waals surface area contributed by atoms with Gasteiger partial charge in [0.05, 0.1) is 10.4 Å². The molecule has 154 valence electrons. The highest BCUT2D eigenvalue weighted by atomic mass is 35.5. The highest BCUT2D eigenvalue weighted by molar-refractivity contribution is 7.92. The van der Waals surface area contributed by atoms with E-state index >= 15 is 0 Å². The molecule has 4 rings (SSSR count). The van der Waals surface area contributed by atoms with E-state index in [2.05, 4.69) is 4.98 Å². The minimum absolute atomic E-state index is 0.101. The minimum Gasteiger partial charge on any atom is -0.426 e. The third-order valence-electron chi connectivity index (χ3n) is 4.84. The molecular formula is C23H19Cl2NO3S. The quantitative estimate of drug-likeness (QED) is 0.329. The first kappa shape index (κ1) is 20.9. The van der Waals surface area contributed by atoms with E-state index in [0.717, 1.165) is 16.7 Å². The predicted octanol–water partition coefficient (Wildman–Crippen LogP) is 7.04. The molecule has 0 radical (unpaired) electrons. The van der Waals surface area contributed by atoms with E-state index in [0.29, 0.717) is 21.1 Å². The number of fused-ring (bicyclic) bond motifs is 1. The molecule has 2 heterocycles. The number of nitrogens with zero attached hydrogens (tertiary/aromatic N) is 1. The van der Waals surface area contributed by atoms with Crippen LogP contribution in [0.5, 0.6) is 0 Å². The molecule has 0 aliphatic rings. The molecule has 30 heavy (non-hydrogen) atoms. The Hall–Kier alpha value is -2.34. The van der Waals surface area contributed by atoms with Gasteiger partial charge in [-0.2, -0.15) is 0 Å². The number of pyridine rings is 1. The smallest absolute Gasteiger partial charge is 0.228 e. The molecule has 0 atom stereocenters.